The molecule has 0 atom stereocenters. The minimum Gasteiger partial charge on any atom is -0.454 e. The van der Waals surface area contributed by atoms with E-state index >= 15 is 0 Å². The van der Waals surface area contributed by atoms with Crippen molar-refractivity contribution in [2.24, 2.45) is 0 Å². The van der Waals surface area contributed by atoms with Gasteiger partial charge in [-0.2, -0.15) is 5.10 Å². The third-order valence-electron chi connectivity index (χ3n) is 4.69. The van der Waals surface area contributed by atoms with Gasteiger partial charge in [-0.25, -0.2) is 4.68 Å². The second kappa shape index (κ2) is 7.56. The maximum absolute atomic E-state index is 13.1. The highest BCUT2D eigenvalue weighted by atomic mass is 35.5. The van der Waals surface area contributed by atoms with Gasteiger partial charge in [0.1, 0.15) is 0 Å². The molecular formula is C21H20ClN3O3. The number of nitrogens with zero attached hydrogens (tertiary/aromatic N) is 3. The topological polar surface area (TPSA) is 56.6 Å². The monoisotopic (exact) mass is 397 g/mol. The Bertz CT molecular complexity index is 1030. The molecule has 0 N–H and O–H groups in total. The fraction of sp³-hybridized carbons (Fsp3) is 0.238. The maximum atomic E-state index is 13.1. The predicted octanol–water partition coefficient (Wildman–Crippen LogP) is 4.09. The highest BCUT2D eigenvalue weighted by molar-refractivity contribution is 6.30. The zero-order chi connectivity index (χ0) is 19.7. The number of rotatable bonds is 5. The molecule has 2 aromatic carbocycles. The molecule has 4 rings (SSSR count). The number of ether oxygens (including phenoxy) is 2. The molecule has 0 aliphatic carbocycles. The summed E-state index contributed by atoms with van der Waals surface area (Å²) in [5, 5.41) is 5.06. The number of hydrogen-bond donors (Lipinski definition) is 0. The van der Waals surface area contributed by atoms with Gasteiger partial charge in [0.2, 0.25) is 6.79 Å². The molecule has 0 unspecified atom stereocenters. The Morgan fingerprint density at radius 2 is 2.04 bits per heavy atom. The van der Waals surface area contributed by atoms with Crippen molar-refractivity contribution in [3.8, 4) is 17.2 Å². The largest absolute Gasteiger partial charge is 0.454 e. The Morgan fingerprint density at radius 3 is 2.82 bits per heavy atom. The van der Waals surface area contributed by atoms with E-state index in [1.54, 1.807) is 22.8 Å². The number of hydrogen-bond acceptors (Lipinski definition) is 4. The zero-order valence-corrected chi connectivity index (χ0v) is 16.4. The van der Waals surface area contributed by atoms with Crippen molar-refractivity contribution in [1.82, 2.24) is 14.7 Å². The zero-order valence-electron chi connectivity index (χ0n) is 15.7. The van der Waals surface area contributed by atoms with Crippen LogP contribution in [0.2, 0.25) is 5.02 Å². The molecule has 7 heteroatoms. The molecule has 0 spiro atoms. The summed E-state index contributed by atoms with van der Waals surface area (Å²) < 4.78 is 12.5. The van der Waals surface area contributed by atoms with Crippen LogP contribution in [0.5, 0.6) is 11.5 Å². The molecule has 0 saturated heterocycles. The standard InChI is InChI=1S/C21H20ClN3O3/c1-3-18-17(11-23-25(18)16-6-4-5-15(22)10-16)21(26)24(2)12-14-7-8-19-20(9-14)28-13-27-19/h4-11H,3,12-13H2,1-2H3. The number of benzene rings is 2. The molecule has 1 aliphatic rings. The van der Waals surface area contributed by atoms with Crippen LogP contribution in [0, 0.1) is 0 Å². The fourth-order valence-electron chi connectivity index (χ4n) is 3.31. The molecule has 0 radical (unpaired) electrons. The second-order valence-corrected chi connectivity index (χ2v) is 7.04. The summed E-state index contributed by atoms with van der Waals surface area (Å²) in [5.41, 5.74) is 3.25. The van der Waals surface area contributed by atoms with E-state index in [1.165, 1.54) is 0 Å². The van der Waals surface area contributed by atoms with Gasteiger partial charge in [0.15, 0.2) is 11.5 Å². The summed E-state index contributed by atoms with van der Waals surface area (Å²) in [4.78, 5) is 14.7. The summed E-state index contributed by atoms with van der Waals surface area (Å²) >= 11 is 6.11. The van der Waals surface area contributed by atoms with Gasteiger partial charge in [0.05, 0.1) is 23.1 Å². The molecule has 3 aromatic rings. The first-order chi connectivity index (χ1) is 13.6. The van der Waals surface area contributed by atoms with Crippen LogP contribution >= 0.6 is 11.6 Å². The van der Waals surface area contributed by atoms with E-state index in [2.05, 4.69) is 5.10 Å². The third-order valence-corrected chi connectivity index (χ3v) is 4.93. The quantitative estimate of drug-likeness (QED) is 0.650. The van der Waals surface area contributed by atoms with E-state index in [0.717, 1.165) is 22.7 Å². The van der Waals surface area contributed by atoms with Gasteiger partial charge in [-0.1, -0.05) is 30.7 Å². The van der Waals surface area contributed by atoms with E-state index in [1.807, 2.05) is 49.4 Å². The Morgan fingerprint density at radius 1 is 1.21 bits per heavy atom. The lowest BCUT2D eigenvalue weighted by Gasteiger charge is -2.18. The Hall–Kier alpha value is -2.99. The van der Waals surface area contributed by atoms with Crippen LogP contribution in [0.4, 0.5) is 0 Å². The molecule has 0 bridgehead atoms. The Kier molecular flexibility index (Phi) is 4.96. The number of fused-ring (bicyclic) bond motifs is 1. The molecule has 0 fully saturated rings. The van der Waals surface area contributed by atoms with E-state index in [9.17, 15) is 4.79 Å². The number of halogens is 1. The van der Waals surface area contributed by atoms with Crippen LogP contribution in [0.25, 0.3) is 5.69 Å². The van der Waals surface area contributed by atoms with Crippen LogP contribution in [0.1, 0.15) is 28.5 Å². The van der Waals surface area contributed by atoms with Crippen molar-refractivity contribution in [3.05, 3.63) is 70.5 Å². The highest BCUT2D eigenvalue weighted by Gasteiger charge is 2.21. The Labute approximate surface area is 168 Å². The van der Waals surface area contributed by atoms with Crippen molar-refractivity contribution >= 4 is 17.5 Å². The first-order valence-electron chi connectivity index (χ1n) is 9.03. The van der Waals surface area contributed by atoms with Gasteiger partial charge in [-0.15, -0.1) is 0 Å². The number of carbonyl (C=O) groups excluding carboxylic acids is 1. The van der Waals surface area contributed by atoms with E-state index < -0.39 is 0 Å². The molecule has 1 aliphatic heterocycles. The van der Waals surface area contributed by atoms with Crippen LogP contribution in [-0.2, 0) is 13.0 Å². The van der Waals surface area contributed by atoms with E-state index in [0.29, 0.717) is 29.3 Å². The van der Waals surface area contributed by atoms with Crippen molar-refractivity contribution < 1.29 is 14.3 Å². The lowest BCUT2D eigenvalue weighted by molar-refractivity contribution is 0.0784. The van der Waals surface area contributed by atoms with Crippen molar-refractivity contribution in [3.63, 3.8) is 0 Å². The van der Waals surface area contributed by atoms with Gasteiger partial charge in [0.25, 0.3) is 5.91 Å². The average molecular weight is 398 g/mol. The molecule has 144 valence electrons. The molecular weight excluding hydrogens is 378 g/mol. The van der Waals surface area contributed by atoms with Crippen molar-refractivity contribution in [2.75, 3.05) is 13.8 Å². The molecule has 2 heterocycles. The molecule has 0 saturated carbocycles. The summed E-state index contributed by atoms with van der Waals surface area (Å²) in [5.74, 6) is 1.36. The van der Waals surface area contributed by atoms with Crippen LogP contribution in [0.15, 0.2) is 48.7 Å². The van der Waals surface area contributed by atoms with Gasteiger partial charge < -0.3 is 14.4 Å². The highest BCUT2D eigenvalue weighted by Crippen LogP contribution is 2.33. The predicted molar refractivity (Wildman–Crippen MR) is 106 cm³/mol. The van der Waals surface area contributed by atoms with Crippen molar-refractivity contribution in [2.45, 2.75) is 19.9 Å². The minimum atomic E-state index is -0.0807. The lowest BCUT2D eigenvalue weighted by Crippen LogP contribution is -2.27. The first-order valence-corrected chi connectivity index (χ1v) is 9.41. The number of aromatic nitrogens is 2. The lowest BCUT2D eigenvalue weighted by atomic mass is 10.1. The second-order valence-electron chi connectivity index (χ2n) is 6.60. The molecule has 28 heavy (non-hydrogen) atoms. The first kappa shape index (κ1) is 18.4. The van der Waals surface area contributed by atoms with Gasteiger partial charge in [0, 0.05) is 18.6 Å². The van der Waals surface area contributed by atoms with Gasteiger partial charge in [-0.3, -0.25) is 4.79 Å². The Balaban J connectivity index is 1.57. The third kappa shape index (κ3) is 3.43. The fourth-order valence-corrected chi connectivity index (χ4v) is 3.50. The minimum absolute atomic E-state index is 0.0807. The van der Waals surface area contributed by atoms with Crippen LogP contribution < -0.4 is 9.47 Å². The summed E-state index contributed by atoms with van der Waals surface area (Å²) in [6, 6.07) is 13.1. The number of carbonyl (C=O) groups is 1. The normalized spacial score (nSPS) is 12.2. The number of amides is 1. The van der Waals surface area contributed by atoms with E-state index in [-0.39, 0.29) is 12.7 Å². The SMILES string of the molecule is CCc1c(C(=O)N(C)Cc2ccc3c(c2)OCO3)cnn1-c1cccc(Cl)c1. The van der Waals surface area contributed by atoms with Gasteiger partial charge >= 0.3 is 0 Å². The van der Waals surface area contributed by atoms with Crippen LogP contribution in [-0.4, -0.2) is 34.4 Å². The molecule has 6 nitrogen and oxygen atoms in total. The van der Waals surface area contributed by atoms with Crippen LogP contribution in [0.3, 0.4) is 0 Å². The van der Waals surface area contributed by atoms with E-state index in [4.69, 9.17) is 21.1 Å². The van der Waals surface area contributed by atoms with Gasteiger partial charge in [-0.05, 0) is 42.3 Å². The summed E-state index contributed by atoms with van der Waals surface area (Å²) in [6.45, 7) is 2.70. The molecule has 1 amide bonds. The van der Waals surface area contributed by atoms with Crippen molar-refractivity contribution in [1.29, 1.82) is 0 Å². The summed E-state index contributed by atoms with van der Waals surface area (Å²) in [7, 11) is 1.78. The molecule has 1 aromatic heterocycles. The maximum Gasteiger partial charge on any atom is 0.257 e. The summed E-state index contributed by atoms with van der Waals surface area (Å²) in [6.07, 6.45) is 2.30. The smallest absolute Gasteiger partial charge is 0.257 e. The average Bonchev–Trinajstić information content (AvgIpc) is 3.33.